The van der Waals surface area contributed by atoms with Crippen molar-refractivity contribution in [1.82, 2.24) is 14.9 Å². The third-order valence-corrected chi connectivity index (χ3v) is 6.99. The molecule has 0 spiro atoms. The Labute approximate surface area is 158 Å². The van der Waals surface area contributed by atoms with E-state index in [4.69, 9.17) is 5.26 Å². The Morgan fingerprint density at radius 2 is 2.00 bits per heavy atom. The first-order valence-electron chi connectivity index (χ1n) is 9.07. The zero-order chi connectivity index (χ0) is 19.6. The minimum Gasteiger partial charge on any atom is -0.279 e. The highest BCUT2D eigenvalue weighted by Gasteiger charge is 2.30. The van der Waals surface area contributed by atoms with E-state index in [2.05, 4.69) is 14.9 Å². The fourth-order valence-corrected chi connectivity index (χ4v) is 4.38. The molecule has 8 heteroatoms. The number of rotatable bonds is 5. The van der Waals surface area contributed by atoms with Gasteiger partial charge in [0.1, 0.15) is 5.69 Å². The van der Waals surface area contributed by atoms with E-state index in [1.54, 1.807) is 38.1 Å². The highest BCUT2D eigenvalue weighted by Crippen LogP contribution is 2.36. The van der Waals surface area contributed by atoms with Crippen molar-refractivity contribution >= 4 is 10.0 Å². The summed E-state index contributed by atoms with van der Waals surface area (Å²) in [7, 11) is -3.30. The zero-order valence-electron chi connectivity index (χ0n) is 15.4. The Balaban J connectivity index is 1.71. The van der Waals surface area contributed by atoms with E-state index >= 15 is 0 Å². The van der Waals surface area contributed by atoms with Crippen LogP contribution in [0.25, 0.3) is 11.3 Å². The number of aromatic nitrogens is 2. The summed E-state index contributed by atoms with van der Waals surface area (Å²) in [6.07, 6.45) is 2.69. The topological polar surface area (TPSA) is 98.6 Å². The molecule has 2 N–H and O–H groups in total. The van der Waals surface area contributed by atoms with Crippen molar-refractivity contribution in [1.29, 1.82) is 5.26 Å². The molecular formula is C19H23FN4O2S. The number of nitriles is 1. The number of nitrogens with zero attached hydrogens (tertiary/aromatic N) is 2. The predicted molar refractivity (Wildman–Crippen MR) is 101 cm³/mol. The Morgan fingerprint density at radius 3 is 2.63 bits per heavy atom. The number of nitrogens with one attached hydrogen (secondary N) is 2. The SMILES string of the molecule is CC(C)S(=O)(=O)N[C@H]1CC[C@H](c2[nH]nc(-c3cccc(C#N)c3)c2F)CC1. The van der Waals surface area contributed by atoms with Crippen LogP contribution in [0.2, 0.25) is 0 Å². The van der Waals surface area contributed by atoms with Crippen LogP contribution in [0.1, 0.15) is 56.7 Å². The van der Waals surface area contributed by atoms with Crippen LogP contribution in [0, 0.1) is 17.1 Å². The zero-order valence-corrected chi connectivity index (χ0v) is 16.2. The standard InChI is InChI=1S/C19H23FN4O2S/c1-12(2)27(25,26)24-16-8-6-14(7-9-16)18-17(20)19(23-22-18)15-5-3-4-13(10-15)11-21/h3-5,10,12,14,16,24H,6-9H2,1-2H3,(H,22,23)/t14-,16-. The smallest absolute Gasteiger partial charge is 0.214 e. The van der Waals surface area contributed by atoms with Gasteiger partial charge in [0.2, 0.25) is 10.0 Å². The van der Waals surface area contributed by atoms with Crippen LogP contribution in [0.5, 0.6) is 0 Å². The summed E-state index contributed by atoms with van der Waals surface area (Å²) < 4.78 is 41.7. The summed E-state index contributed by atoms with van der Waals surface area (Å²) in [5.41, 5.74) is 1.68. The molecule has 27 heavy (non-hydrogen) atoms. The molecule has 0 atom stereocenters. The van der Waals surface area contributed by atoms with E-state index in [0.29, 0.717) is 42.5 Å². The maximum absolute atomic E-state index is 14.9. The molecule has 1 aromatic heterocycles. The van der Waals surface area contributed by atoms with E-state index in [0.717, 1.165) is 0 Å². The Bertz CT molecular complexity index is 954. The molecule has 0 bridgehead atoms. The van der Waals surface area contributed by atoms with Crippen LogP contribution in [0.4, 0.5) is 4.39 Å². The minimum atomic E-state index is -3.30. The molecule has 0 radical (unpaired) electrons. The number of H-pyrrole nitrogens is 1. The van der Waals surface area contributed by atoms with Crippen LogP contribution in [-0.4, -0.2) is 29.9 Å². The number of hydrogen-bond donors (Lipinski definition) is 2. The lowest BCUT2D eigenvalue weighted by Gasteiger charge is -2.28. The van der Waals surface area contributed by atoms with Gasteiger partial charge in [-0.05, 0) is 51.7 Å². The van der Waals surface area contributed by atoms with Gasteiger partial charge in [-0.1, -0.05) is 12.1 Å². The lowest BCUT2D eigenvalue weighted by Crippen LogP contribution is -2.40. The van der Waals surface area contributed by atoms with Crippen molar-refractivity contribution in [3.05, 3.63) is 41.3 Å². The van der Waals surface area contributed by atoms with Crippen LogP contribution in [-0.2, 0) is 10.0 Å². The molecule has 1 heterocycles. The quantitative estimate of drug-likeness (QED) is 0.817. The second-order valence-corrected chi connectivity index (χ2v) is 9.52. The van der Waals surface area contributed by atoms with Crippen LogP contribution < -0.4 is 4.72 Å². The predicted octanol–water partition coefficient (Wildman–Crippen LogP) is 3.44. The number of halogens is 1. The normalized spacial score (nSPS) is 20.6. The fraction of sp³-hybridized carbons (Fsp3) is 0.474. The molecule has 3 rings (SSSR count). The van der Waals surface area contributed by atoms with Crippen LogP contribution in [0.3, 0.4) is 0 Å². The van der Waals surface area contributed by atoms with Gasteiger partial charge in [0.25, 0.3) is 0 Å². The van der Waals surface area contributed by atoms with Crippen molar-refractivity contribution < 1.29 is 12.8 Å². The largest absolute Gasteiger partial charge is 0.279 e. The number of hydrogen-bond acceptors (Lipinski definition) is 4. The highest BCUT2D eigenvalue weighted by atomic mass is 32.2. The van der Waals surface area contributed by atoms with E-state index in [1.807, 2.05) is 6.07 Å². The van der Waals surface area contributed by atoms with Crippen LogP contribution >= 0.6 is 0 Å². The lowest BCUT2D eigenvalue weighted by molar-refractivity contribution is 0.362. The van der Waals surface area contributed by atoms with Gasteiger partial charge in [0.05, 0.1) is 22.6 Å². The summed E-state index contributed by atoms with van der Waals surface area (Å²) in [6.45, 7) is 3.30. The first-order chi connectivity index (χ1) is 12.8. The van der Waals surface area contributed by atoms with E-state index in [9.17, 15) is 12.8 Å². The highest BCUT2D eigenvalue weighted by molar-refractivity contribution is 7.90. The third kappa shape index (κ3) is 4.20. The average Bonchev–Trinajstić information content (AvgIpc) is 3.03. The molecule has 1 saturated carbocycles. The molecule has 1 aromatic carbocycles. The van der Waals surface area contributed by atoms with Gasteiger partial charge in [-0.3, -0.25) is 5.10 Å². The third-order valence-electron chi connectivity index (χ3n) is 5.08. The molecule has 144 valence electrons. The summed E-state index contributed by atoms with van der Waals surface area (Å²) in [4.78, 5) is 0. The number of sulfonamides is 1. The first kappa shape index (κ1) is 19.5. The fourth-order valence-electron chi connectivity index (χ4n) is 3.41. The summed E-state index contributed by atoms with van der Waals surface area (Å²) >= 11 is 0. The molecule has 1 aliphatic carbocycles. The van der Waals surface area contributed by atoms with Crippen molar-refractivity contribution in [3.63, 3.8) is 0 Å². The monoisotopic (exact) mass is 390 g/mol. The molecule has 6 nitrogen and oxygen atoms in total. The maximum atomic E-state index is 14.9. The minimum absolute atomic E-state index is 0.0230. The van der Waals surface area contributed by atoms with Gasteiger partial charge in [0, 0.05) is 17.5 Å². The molecule has 0 aliphatic heterocycles. The molecule has 0 saturated heterocycles. The first-order valence-corrected chi connectivity index (χ1v) is 10.6. The summed E-state index contributed by atoms with van der Waals surface area (Å²) in [5.74, 6) is -0.415. The van der Waals surface area contributed by atoms with Gasteiger partial charge >= 0.3 is 0 Å². The van der Waals surface area contributed by atoms with Crippen molar-refractivity contribution in [3.8, 4) is 17.3 Å². The molecule has 0 amide bonds. The van der Waals surface area contributed by atoms with E-state index in [-0.39, 0.29) is 17.7 Å². The molecular weight excluding hydrogens is 367 g/mol. The van der Waals surface area contributed by atoms with Gasteiger partial charge < -0.3 is 0 Å². The molecule has 1 aliphatic rings. The van der Waals surface area contributed by atoms with Gasteiger partial charge in [-0.25, -0.2) is 17.5 Å². The van der Waals surface area contributed by atoms with Crippen LogP contribution in [0.15, 0.2) is 24.3 Å². The second kappa shape index (κ2) is 7.79. The lowest BCUT2D eigenvalue weighted by atomic mass is 9.84. The van der Waals surface area contributed by atoms with Gasteiger partial charge in [-0.2, -0.15) is 10.4 Å². The summed E-state index contributed by atoms with van der Waals surface area (Å²) in [6, 6.07) is 8.64. The molecule has 2 aromatic rings. The average molecular weight is 390 g/mol. The molecule has 0 unspecified atom stereocenters. The molecule has 1 fully saturated rings. The van der Waals surface area contributed by atoms with Crippen molar-refractivity contribution in [2.24, 2.45) is 0 Å². The van der Waals surface area contributed by atoms with E-state index < -0.39 is 21.1 Å². The second-order valence-electron chi connectivity index (χ2n) is 7.25. The van der Waals surface area contributed by atoms with E-state index in [1.165, 1.54) is 0 Å². The maximum Gasteiger partial charge on any atom is 0.214 e. The Hall–Kier alpha value is -2.24. The summed E-state index contributed by atoms with van der Waals surface area (Å²) in [5, 5.41) is 15.5. The van der Waals surface area contributed by atoms with Gasteiger partial charge in [0.15, 0.2) is 5.82 Å². The Kier molecular flexibility index (Phi) is 5.63. The van der Waals surface area contributed by atoms with Crippen molar-refractivity contribution in [2.75, 3.05) is 0 Å². The van der Waals surface area contributed by atoms with Gasteiger partial charge in [-0.15, -0.1) is 0 Å². The Morgan fingerprint density at radius 1 is 1.30 bits per heavy atom. The number of benzene rings is 1. The van der Waals surface area contributed by atoms with Crippen molar-refractivity contribution in [2.45, 2.75) is 56.7 Å². The number of aromatic amines is 1.